The number of nitrogens with one attached hydrogen (secondary N) is 1. The Morgan fingerprint density at radius 1 is 0.914 bits per heavy atom. The van der Waals surface area contributed by atoms with E-state index in [4.69, 9.17) is 0 Å². The molecule has 4 rings (SSSR count). The van der Waals surface area contributed by atoms with E-state index >= 15 is 0 Å². The highest BCUT2D eigenvalue weighted by Gasteiger charge is 2.32. The molecule has 8 nitrogen and oxygen atoms in total. The summed E-state index contributed by atoms with van der Waals surface area (Å²) in [6.45, 7) is 4.96. The Labute approximate surface area is 201 Å². The Kier molecular flexibility index (Phi) is 6.86. The van der Waals surface area contributed by atoms with Gasteiger partial charge in [0.2, 0.25) is 16.0 Å². The number of hydrogen-bond donors (Lipinski definition) is 1. The largest absolute Gasteiger partial charge is 0.573 e. The standard InChI is InChI=1S/C23H24F3N5O3S/c1-16-3-5-18(6-4-16)28-21-15-17(2)27-22(29-21)30-11-13-31(14-12-30)35(32,33)20-9-7-19(8-10-20)34-23(24,25)26/h3-10,15H,11-14H2,1-2H3,(H,27,28,29). The summed E-state index contributed by atoms with van der Waals surface area (Å²) in [7, 11) is -3.87. The molecule has 0 saturated carbocycles. The number of benzene rings is 2. The van der Waals surface area contributed by atoms with Crippen LogP contribution in [-0.4, -0.2) is 55.2 Å². The second kappa shape index (κ2) is 9.70. The van der Waals surface area contributed by atoms with Crippen LogP contribution in [0.25, 0.3) is 0 Å². The predicted octanol–water partition coefficient (Wildman–Crippen LogP) is 4.25. The summed E-state index contributed by atoms with van der Waals surface area (Å²) in [4.78, 5) is 10.9. The zero-order valence-electron chi connectivity index (χ0n) is 19.1. The lowest BCUT2D eigenvalue weighted by Crippen LogP contribution is -2.49. The van der Waals surface area contributed by atoms with Gasteiger partial charge >= 0.3 is 6.36 Å². The zero-order valence-corrected chi connectivity index (χ0v) is 19.9. The van der Waals surface area contributed by atoms with Crippen LogP contribution in [0.15, 0.2) is 59.5 Å². The number of hydrogen-bond acceptors (Lipinski definition) is 7. The first-order valence-electron chi connectivity index (χ1n) is 10.8. The van der Waals surface area contributed by atoms with Crippen molar-refractivity contribution in [1.29, 1.82) is 0 Å². The van der Waals surface area contributed by atoms with Crippen molar-refractivity contribution in [3.8, 4) is 5.75 Å². The van der Waals surface area contributed by atoms with Gasteiger partial charge < -0.3 is 15.0 Å². The molecule has 1 N–H and O–H groups in total. The van der Waals surface area contributed by atoms with Crippen LogP contribution in [0.5, 0.6) is 5.75 Å². The van der Waals surface area contributed by atoms with Crippen LogP contribution in [0.2, 0.25) is 0 Å². The van der Waals surface area contributed by atoms with Crippen LogP contribution < -0.4 is 15.0 Å². The third-order valence-electron chi connectivity index (χ3n) is 5.38. The third-order valence-corrected chi connectivity index (χ3v) is 7.30. The Hall–Kier alpha value is -3.38. The number of piperazine rings is 1. The van der Waals surface area contributed by atoms with E-state index in [1.54, 1.807) is 0 Å². The van der Waals surface area contributed by atoms with E-state index in [1.807, 2.05) is 49.1 Å². The van der Waals surface area contributed by atoms with E-state index in [9.17, 15) is 21.6 Å². The summed E-state index contributed by atoms with van der Waals surface area (Å²) < 4.78 is 68.1. The van der Waals surface area contributed by atoms with Gasteiger partial charge in [0.25, 0.3) is 0 Å². The lowest BCUT2D eigenvalue weighted by molar-refractivity contribution is -0.274. The third kappa shape index (κ3) is 6.20. The topological polar surface area (TPSA) is 87.7 Å². The molecule has 0 amide bonds. The molecular weight excluding hydrogens is 483 g/mol. The van der Waals surface area contributed by atoms with Gasteiger partial charge in [-0.05, 0) is 50.2 Å². The maximum absolute atomic E-state index is 13.0. The molecule has 0 unspecified atom stereocenters. The van der Waals surface area contributed by atoms with Gasteiger partial charge in [0.1, 0.15) is 11.6 Å². The highest BCUT2D eigenvalue weighted by molar-refractivity contribution is 7.89. The first kappa shape index (κ1) is 24.7. The average Bonchev–Trinajstić information content (AvgIpc) is 2.80. The van der Waals surface area contributed by atoms with E-state index in [2.05, 4.69) is 20.0 Å². The van der Waals surface area contributed by atoms with Crippen molar-refractivity contribution < 1.29 is 26.3 Å². The van der Waals surface area contributed by atoms with Crippen LogP contribution in [-0.2, 0) is 10.0 Å². The van der Waals surface area contributed by atoms with Gasteiger partial charge in [-0.25, -0.2) is 13.4 Å². The van der Waals surface area contributed by atoms with Gasteiger partial charge in [-0.3, -0.25) is 0 Å². The lowest BCUT2D eigenvalue weighted by Gasteiger charge is -2.34. The van der Waals surface area contributed by atoms with Gasteiger partial charge in [0, 0.05) is 43.6 Å². The van der Waals surface area contributed by atoms with Crippen LogP contribution in [0.3, 0.4) is 0 Å². The van der Waals surface area contributed by atoms with E-state index in [0.29, 0.717) is 24.9 Å². The molecule has 0 aliphatic carbocycles. The van der Waals surface area contributed by atoms with Crippen molar-refractivity contribution >= 4 is 27.5 Å². The number of aromatic nitrogens is 2. The van der Waals surface area contributed by atoms with Crippen molar-refractivity contribution in [1.82, 2.24) is 14.3 Å². The first-order valence-corrected chi connectivity index (χ1v) is 12.2. The summed E-state index contributed by atoms with van der Waals surface area (Å²) in [5.74, 6) is 0.644. The first-order chi connectivity index (χ1) is 16.5. The summed E-state index contributed by atoms with van der Waals surface area (Å²) in [6.07, 6.45) is -4.84. The second-order valence-corrected chi connectivity index (χ2v) is 10.0. The van der Waals surface area contributed by atoms with Gasteiger partial charge in [0.05, 0.1) is 4.90 Å². The van der Waals surface area contributed by atoms with E-state index in [-0.39, 0.29) is 18.0 Å². The van der Waals surface area contributed by atoms with Gasteiger partial charge in [-0.2, -0.15) is 9.29 Å². The van der Waals surface area contributed by atoms with E-state index in [0.717, 1.165) is 41.2 Å². The lowest BCUT2D eigenvalue weighted by atomic mass is 10.2. The number of rotatable bonds is 6. The van der Waals surface area contributed by atoms with Gasteiger partial charge in [-0.1, -0.05) is 17.7 Å². The minimum absolute atomic E-state index is 0.100. The summed E-state index contributed by atoms with van der Waals surface area (Å²) >= 11 is 0. The Balaban J connectivity index is 1.42. The quantitative estimate of drug-likeness (QED) is 0.534. The van der Waals surface area contributed by atoms with Crippen molar-refractivity contribution in [3.05, 3.63) is 65.9 Å². The van der Waals surface area contributed by atoms with Crippen LogP contribution in [0, 0.1) is 13.8 Å². The maximum Gasteiger partial charge on any atom is 0.573 e. The predicted molar refractivity (Wildman–Crippen MR) is 125 cm³/mol. The fourth-order valence-electron chi connectivity index (χ4n) is 3.63. The molecule has 3 aromatic rings. The number of alkyl halides is 3. The Morgan fingerprint density at radius 2 is 1.54 bits per heavy atom. The number of nitrogens with zero attached hydrogens (tertiary/aromatic N) is 4. The van der Waals surface area contributed by atoms with E-state index < -0.39 is 22.1 Å². The van der Waals surface area contributed by atoms with Crippen molar-refractivity contribution in [3.63, 3.8) is 0 Å². The van der Waals surface area contributed by atoms with Gasteiger partial charge in [-0.15, -0.1) is 13.2 Å². The Bertz CT molecular complexity index is 1280. The summed E-state index contributed by atoms with van der Waals surface area (Å²) in [5, 5.41) is 3.26. The maximum atomic E-state index is 13.0. The molecule has 1 aromatic heterocycles. The zero-order chi connectivity index (χ0) is 25.2. The molecule has 0 bridgehead atoms. The Morgan fingerprint density at radius 3 is 2.14 bits per heavy atom. The summed E-state index contributed by atoms with van der Waals surface area (Å²) in [6, 6.07) is 13.9. The molecule has 1 saturated heterocycles. The number of aryl methyl sites for hydroxylation is 2. The van der Waals surface area contributed by atoms with Crippen molar-refractivity contribution in [2.45, 2.75) is 25.1 Å². The molecule has 186 valence electrons. The molecule has 1 aliphatic heterocycles. The molecule has 35 heavy (non-hydrogen) atoms. The monoisotopic (exact) mass is 507 g/mol. The smallest absolute Gasteiger partial charge is 0.406 e. The number of halogens is 3. The molecule has 1 fully saturated rings. The summed E-state index contributed by atoms with van der Waals surface area (Å²) in [5.41, 5.74) is 2.80. The molecule has 0 atom stereocenters. The minimum Gasteiger partial charge on any atom is -0.406 e. The highest BCUT2D eigenvalue weighted by atomic mass is 32.2. The van der Waals surface area contributed by atoms with Crippen molar-refractivity contribution in [2.24, 2.45) is 0 Å². The second-order valence-electron chi connectivity index (χ2n) is 8.10. The SMILES string of the molecule is Cc1ccc(Nc2cc(C)nc(N3CCN(S(=O)(=O)c4ccc(OC(F)(F)F)cc4)CC3)n2)cc1. The minimum atomic E-state index is -4.84. The number of sulfonamides is 1. The highest BCUT2D eigenvalue weighted by Crippen LogP contribution is 2.26. The van der Waals surface area contributed by atoms with Crippen LogP contribution >= 0.6 is 0 Å². The molecule has 2 aromatic carbocycles. The molecule has 1 aliphatic rings. The van der Waals surface area contributed by atoms with Crippen LogP contribution in [0.1, 0.15) is 11.3 Å². The molecular formula is C23H24F3N5O3S. The normalized spacial score (nSPS) is 15.2. The molecule has 0 radical (unpaired) electrons. The molecule has 12 heteroatoms. The van der Waals surface area contributed by atoms with E-state index in [1.165, 1.54) is 4.31 Å². The van der Waals surface area contributed by atoms with Crippen molar-refractivity contribution in [2.75, 3.05) is 36.4 Å². The number of anilines is 3. The fourth-order valence-corrected chi connectivity index (χ4v) is 5.06. The molecule has 2 heterocycles. The average molecular weight is 508 g/mol. The molecule has 0 spiro atoms. The van der Waals surface area contributed by atoms with Crippen LogP contribution in [0.4, 0.5) is 30.6 Å². The van der Waals surface area contributed by atoms with Gasteiger partial charge in [0.15, 0.2) is 0 Å². The number of ether oxygens (including phenoxy) is 1. The fraction of sp³-hybridized carbons (Fsp3) is 0.304.